The molecule has 3 aromatic rings. The minimum absolute atomic E-state index is 0.118. The summed E-state index contributed by atoms with van der Waals surface area (Å²) < 4.78 is 26.8. The molecule has 0 radical (unpaired) electrons. The van der Waals surface area contributed by atoms with Crippen molar-refractivity contribution in [3.63, 3.8) is 0 Å². The third-order valence-electron chi connectivity index (χ3n) is 5.69. The van der Waals surface area contributed by atoms with Crippen LogP contribution in [0.1, 0.15) is 36.3 Å². The topological polar surface area (TPSA) is 86.9 Å². The highest BCUT2D eigenvalue weighted by Crippen LogP contribution is 2.35. The third-order valence-corrected chi connectivity index (χ3v) is 7.57. The van der Waals surface area contributed by atoms with Crippen LogP contribution < -0.4 is 4.90 Å². The largest absolute Gasteiger partial charge is 0.355 e. The van der Waals surface area contributed by atoms with Gasteiger partial charge in [-0.2, -0.15) is 5.26 Å². The highest BCUT2D eigenvalue weighted by Gasteiger charge is 2.35. The first-order chi connectivity index (χ1) is 14.4. The number of benzene rings is 2. The van der Waals surface area contributed by atoms with E-state index in [0.717, 1.165) is 31.5 Å². The molecule has 7 heteroatoms. The first kappa shape index (κ1) is 20.3. The molecule has 1 fully saturated rings. The highest BCUT2D eigenvalue weighted by molar-refractivity contribution is 7.92. The van der Waals surface area contributed by atoms with E-state index in [2.05, 4.69) is 16.8 Å². The summed E-state index contributed by atoms with van der Waals surface area (Å²) in [4.78, 5) is 11.6. The second-order valence-electron chi connectivity index (χ2n) is 7.96. The molecular formula is C23H24N4O2S. The Morgan fingerprint density at radius 1 is 1.03 bits per heavy atom. The molecule has 1 atom stereocenters. The van der Waals surface area contributed by atoms with Crippen molar-refractivity contribution in [3.05, 3.63) is 59.8 Å². The Morgan fingerprint density at radius 2 is 1.63 bits per heavy atom. The number of piperidine rings is 1. The smallest absolute Gasteiger partial charge is 0.200 e. The Balaban J connectivity index is 1.87. The summed E-state index contributed by atoms with van der Waals surface area (Å²) >= 11 is 0. The van der Waals surface area contributed by atoms with E-state index in [1.54, 1.807) is 30.3 Å². The second-order valence-corrected chi connectivity index (χ2v) is 9.99. The molecule has 0 amide bonds. The number of fused-ring (bicyclic) bond motifs is 1. The van der Waals surface area contributed by atoms with Gasteiger partial charge in [-0.15, -0.1) is 0 Å². The van der Waals surface area contributed by atoms with Gasteiger partial charge in [0, 0.05) is 13.1 Å². The summed E-state index contributed by atoms with van der Waals surface area (Å²) in [5.41, 5.74) is 2.45. The third kappa shape index (κ3) is 3.75. The van der Waals surface area contributed by atoms with Gasteiger partial charge in [0.05, 0.1) is 22.0 Å². The fourth-order valence-electron chi connectivity index (χ4n) is 3.77. The maximum absolute atomic E-state index is 13.4. The second kappa shape index (κ2) is 8.04. The van der Waals surface area contributed by atoms with Crippen molar-refractivity contribution in [2.75, 3.05) is 18.0 Å². The van der Waals surface area contributed by atoms with Gasteiger partial charge in [0.2, 0.25) is 9.84 Å². The fraction of sp³-hybridized carbons (Fsp3) is 0.348. The number of hydrogen-bond acceptors (Lipinski definition) is 6. The highest BCUT2D eigenvalue weighted by atomic mass is 32.2. The SMILES string of the molecule is Cc1ccc(S(=O)(=O)[C@@H](C#N)c2nc3ccccc3nc2N2CCC(C)CC2)cc1. The first-order valence-electron chi connectivity index (χ1n) is 10.1. The predicted molar refractivity (Wildman–Crippen MR) is 117 cm³/mol. The van der Waals surface area contributed by atoms with Gasteiger partial charge >= 0.3 is 0 Å². The lowest BCUT2D eigenvalue weighted by atomic mass is 9.99. The molecule has 6 nitrogen and oxygen atoms in total. The molecule has 0 bridgehead atoms. The van der Waals surface area contributed by atoms with Gasteiger partial charge < -0.3 is 4.90 Å². The molecular weight excluding hydrogens is 396 g/mol. The average Bonchev–Trinajstić information content (AvgIpc) is 2.74. The molecule has 2 heterocycles. The molecule has 0 saturated carbocycles. The zero-order valence-corrected chi connectivity index (χ0v) is 17.9. The number of aryl methyl sites for hydroxylation is 1. The van der Waals surface area contributed by atoms with Crippen molar-refractivity contribution in [2.45, 2.75) is 36.8 Å². The van der Waals surface area contributed by atoms with Gasteiger partial charge in [-0.05, 0) is 49.9 Å². The molecule has 1 saturated heterocycles. The maximum Gasteiger partial charge on any atom is 0.200 e. The van der Waals surface area contributed by atoms with E-state index in [0.29, 0.717) is 22.8 Å². The minimum atomic E-state index is -3.95. The lowest BCUT2D eigenvalue weighted by Gasteiger charge is -2.32. The summed E-state index contributed by atoms with van der Waals surface area (Å²) in [6.07, 6.45) is 1.99. The molecule has 2 aromatic carbocycles. The molecule has 30 heavy (non-hydrogen) atoms. The van der Waals surface area contributed by atoms with Crippen molar-refractivity contribution in [1.29, 1.82) is 5.26 Å². The zero-order valence-electron chi connectivity index (χ0n) is 17.1. The molecule has 0 spiro atoms. The Morgan fingerprint density at radius 3 is 2.23 bits per heavy atom. The number of sulfone groups is 1. The van der Waals surface area contributed by atoms with E-state index < -0.39 is 15.1 Å². The summed E-state index contributed by atoms with van der Waals surface area (Å²) in [6.45, 7) is 5.64. The van der Waals surface area contributed by atoms with Crippen LogP contribution in [-0.4, -0.2) is 31.5 Å². The maximum atomic E-state index is 13.4. The van der Waals surface area contributed by atoms with E-state index in [-0.39, 0.29) is 10.6 Å². The van der Waals surface area contributed by atoms with Gasteiger partial charge in [0.25, 0.3) is 0 Å². The van der Waals surface area contributed by atoms with Gasteiger partial charge in [0.15, 0.2) is 11.1 Å². The standard InChI is InChI=1S/C23H24N4O2S/c1-16-7-9-18(10-8-16)30(28,29)21(15-24)22-23(27-13-11-17(2)12-14-27)26-20-6-4-3-5-19(20)25-22/h3-10,17,21H,11-14H2,1-2H3/t21-/m0/s1. The first-order valence-corrected chi connectivity index (χ1v) is 11.7. The van der Waals surface area contributed by atoms with Crippen LogP contribution in [0.4, 0.5) is 5.82 Å². The molecule has 4 rings (SSSR count). The van der Waals surface area contributed by atoms with Crippen LogP contribution >= 0.6 is 0 Å². The Kier molecular flexibility index (Phi) is 5.44. The normalized spacial score (nSPS) is 16.4. The number of rotatable bonds is 4. The van der Waals surface area contributed by atoms with Crippen molar-refractivity contribution in [3.8, 4) is 6.07 Å². The van der Waals surface area contributed by atoms with E-state index in [4.69, 9.17) is 4.98 Å². The predicted octanol–water partition coefficient (Wildman–Crippen LogP) is 4.21. The number of hydrogen-bond donors (Lipinski definition) is 0. The van der Waals surface area contributed by atoms with E-state index in [1.807, 2.05) is 31.2 Å². The monoisotopic (exact) mass is 420 g/mol. The number of para-hydroxylation sites is 2. The van der Waals surface area contributed by atoms with Crippen molar-refractivity contribution in [2.24, 2.45) is 5.92 Å². The quantitative estimate of drug-likeness (QED) is 0.628. The molecule has 0 unspecified atom stereocenters. The number of anilines is 1. The molecule has 1 aliphatic rings. The van der Waals surface area contributed by atoms with Crippen LogP contribution in [0.5, 0.6) is 0 Å². The molecule has 1 aromatic heterocycles. The van der Waals surface area contributed by atoms with Gasteiger partial charge in [0.1, 0.15) is 5.69 Å². The number of nitrogens with zero attached hydrogens (tertiary/aromatic N) is 4. The minimum Gasteiger partial charge on any atom is -0.355 e. The Labute approximate surface area is 177 Å². The summed E-state index contributed by atoms with van der Waals surface area (Å²) in [5.74, 6) is 1.11. The Bertz CT molecular complexity index is 1210. The van der Waals surface area contributed by atoms with Gasteiger partial charge in [-0.1, -0.05) is 36.8 Å². The lowest BCUT2D eigenvalue weighted by molar-refractivity contribution is 0.436. The van der Waals surface area contributed by atoms with Crippen LogP contribution in [0.15, 0.2) is 53.4 Å². The zero-order chi connectivity index (χ0) is 21.3. The molecule has 1 aliphatic heterocycles. The van der Waals surface area contributed by atoms with Crippen molar-refractivity contribution < 1.29 is 8.42 Å². The molecule has 0 aliphatic carbocycles. The van der Waals surface area contributed by atoms with E-state index in [9.17, 15) is 13.7 Å². The molecule has 154 valence electrons. The Hall–Kier alpha value is -2.98. The summed E-state index contributed by atoms with van der Waals surface area (Å²) in [6, 6.07) is 15.9. The number of aromatic nitrogens is 2. The summed E-state index contributed by atoms with van der Waals surface area (Å²) in [5, 5.41) is 8.53. The van der Waals surface area contributed by atoms with Crippen LogP contribution in [0.3, 0.4) is 0 Å². The number of nitriles is 1. The van der Waals surface area contributed by atoms with Crippen LogP contribution in [0.25, 0.3) is 11.0 Å². The van der Waals surface area contributed by atoms with E-state index >= 15 is 0 Å². The van der Waals surface area contributed by atoms with Crippen LogP contribution in [-0.2, 0) is 9.84 Å². The van der Waals surface area contributed by atoms with Gasteiger partial charge in [-0.25, -0.2) is 18.4 Å². The van der Waals surface area contributed by atoms with Crippen LogP contribution in [0.2, 0.25) is 0 Å². The fourth-order valence-corrected chi connectivity index (χ4v) is 5.15. The molecule has 0 N–H and O–H groups in total. The summed E-state index contributed by atoms with van der Waals surface area (Å²) in [7, 11) is -3.95. The van der Waals surface area contributed by atoms with Crippen molar-refractivity contribution in [1.82, 2.24) is 9.97 Å². The lowest BCUT2D eigenvalue weighted by Crippen LogP contribution is -2.35. The van der Waals surface area contributed by atoms with E-state index in [1.165, 1.54) is 0 Å². The average molecular weight is 421 g/mol. The van der Waals surface area contributed by atoms with Crippen molar-refractivity contribution >= 4 is 26.7 Å². The van der Waals surface area contributed by atoms with Crippen LogP contribution in [0, 0.1) is 24.2 Å². The van der Waals surface area contributed by atoms with Gasteiger partial charge in [-0.3, -0.25) is 0 Å².